The molecule has 7 heteroatoms. The Morgan fingerprint density at radius 1 is 1.17 bits per heavy atom. The molecule has 3 N–H and O–H groups in total. The van der Waals surface area contributed by atoms with Crippen LogP contribution in [0.2, 0.25) is 5.02 Å². The minimum Gasteiger partial charge on any atom is -0.508 e. The lowest BCUT2D eigenvalue weighted by Crippen LogP contribution is -2.27. The van der Waals surface area contributed by atoms with Gasteiger partial charge in [-0.3, -0.25) is 0 Å². The molecule has 35 heavy (non-hydrogen) atoms. The Labute approximate surface area is 213 Å². The molecule has 1 saturated heterocycles. The monoisotopic (exact) mass is 494 g/mol. The number of aromatic nitrogens is 2. The molecule has 0 amide bonds. The maximum Gasteiger partial charge on any atom is 0.148 e. The van der Waals surface area contributed by atoms with Crippen LogP contribution in [0.3, 0.4) is 0 Å². The molecule has 0 aliphatic carbocycles. The summed E-state index contributed by atoms with van der Waals surface area (Å²) >= 11 is 6.38. The van der Waals surface area contributed by atoms with Crippen LogP contribution < -0.4 is 15.4 Å². The highest BCUT2D eigenvalue weighted by atomic mass is 35.5. The molecule has 0 bridgehead atoms. The quantitative estimate of drug-likeness (QED) is 0.357. The molecule has 2 heterocycles. The Morgan fingerprint density at radius 2 is 1.91 bits per heavy atom. The number of hydrogen-bond donors (Lipinski definition) is 3. The fraction of sp³-hybridized carbons (Fsp3) is 0.429. The van der Waals surface area contributed by atoms with E-state index in [0.717, 1.165) is 49.2 Å². The molecule has 1 aliphatic heterocycles. The summed E-state index contributed by atoms with van der Waals surface area (Å²) in [7, 11) is 0. The topological polar surface area (TPSA) is 79.3 Å². The van der Waals surface area contributed by atoms with Gasteiger partial charge in [-0.25, -0.2) is 9.97 Å². The second-order valence-corrected chi connectivity index (χ2v) is 9.92. The van der Waals surface area contributed by atoms with E-state index in [-0.39, 0.29) is 11.9 Å². The third kappa shape index (κ3) is 6.86. The van der Waals surface area contributed by atoms with Crippen molar-refractivity contribution in [3.8, 4) is 11.5 Å². The van der Waals surface area contributed by atoms with E-state index < -0.39 is 0 Å². The van der Waals surface area contributed by atoms with E-state index in [2.05, 4.69) is 48.5 Å². The zero-order valence-corrected chi connectivity index (χ0v) is 21.5. The van der Waals surface area contributed by atoms with Gasteiger partial charge in [0.2, 0.25) is 0 Å². The van der Waals surface area contributed by atoms with Gasteiger partial charge in [0, 0.05) is 18.5 Å². The van der Waals surface area contributed by atoms with Crippen LogP contribution in [0, 0.1) is 6.92 Å². The number of nitrogens with zero attached hydrogens (tertiary/aromatic N) is 2. The van der Waals surface area contributed by atoms with Crippen molar-refractivity contribution in [2.45, 2.75) is 58.5 Å². The standard InChI is InChI=1S/C28H35ClN4O2/c1-18(2)35-26-16-24(21-9-11-30-12-10-21)19(3)14-22(26)15-27-32-17-25(29)28(33-27)31-13-8-20-4-6-23(34)7-5-20/h4-7,14,16-18,21,30,34H,8-13,15H2,1-3H3,(H,31,32,33). The number of aromatic hydroxyl groups is 1. The van der Waals surface area contributed by atoms with E-state index in [0.29, 0.717) is 35.5 Å². The van der Waals surface area contributed by atoms with Crippen molar-refractivity contribution < 1.29 is 9.84 Å². The van der Waals surface area contributed by atoms with Crippen molar-refractivity contribution in [3.63, 3.8) is 0 Å². The Kier molecular flexibility index (Phi) is 8.47. The number of benzene rings is 2. The molecule has 0 saturated carbocycles. The largest absolute Gasteiger partial charge is 0.508 e. The van der Waals surface area contributed by atoms with Crippen LogP contribution in [0.1, 0.15) is 60.7 Å². The molecule has 0 unspecified atom stereocenters. The summed E-state index contributed by atoms with van der Waals surface area (Å²) in [5, 5.41) is 16.7. The number of phenolic OH excluding ortho intramolecular Hbond substituents is 1. The average Bonchev–Trinajstić information content (AvgIpc) is 2.84. The summed E-state index contributed by atoms with van der Waals surface area (Å²) in [6, 6.07) is 11.7. The zero-order valence-electron chi connectivity index (χ0n) is 20.8. The van der Waals surface area contributed by atoms with Crippen LogP contribution >= 0.6 is 11.6 Å². The predicted octanol–water partition coefficient (Wildman–Crippen LogP) is 5.64. The molecular formula is C28H35ClN4O2. The van der Waals surface area contributed by atoms with Crippen molar-refractivity contribution in [3.05, 3.63) is 75.7 Å². The normalized spacial score (nSPS) is 14.3. The van der Waals surface area contributed by atoms with E-state index in [1.54, 1.807) is 18.3 Å². The maximum absolute atomic E-state index is 9.45. The summed E-state index contributed by atoms with van der Waals surface area (Å²) in [6.07, 6.45) is 5.41. The third-order valence-electron chi connectivity index (χ3n) is 6.38. The highest BCUT2D eigenvalue weighted by Gasteiger charge is 2.20. The number of ether oxygens (including phenoxy) is 1. The predicted molar refractivity (Wildman–Crippen MR) is 142 cm³/mol. The molecule has 1 aliphatic rings. The van der Waals surface area contributed by atoms with Crippen LogP contribution in [0.4, 0.5) is 5.82 Å². The minimum absolute atomic E-state index is 0.0839. The van der Waals surface area contributed by atoms with Crippen LogP contribution in [-0.2, 0) is 12.8 Å². The van der Waals surface area contributed by atoms with Crippen LogP contribution in [0.15, 0.2) is 42.6 Å². The number of phenols is 1. The number of aryl methyl sites for hydroxylation is 1. The van der Waals surface area contributed by atoms with E-state index in [1.165, 1.54) is 11.1 Å². The fourth-order valence-electron chi connectivity index (χ4n) is 4.61. The summed E-state index contributed by atoms with van der Waals surface area (Å²) < 4.78 is 6.25. The lowest BCUT2D eigenvalue weighted by atomic mass is 9.86. The van der Waals surface area contributed by atoms with Crippen LogP contribution in [-0.4, -0.2) is 40.8 Å². The molecule has 4 rings (SSSR count). The highest BCUT2D eigenvalue weighted by molar-refractivity contribution is 6.32. The van der Waals surface area contributed by atoms with Crippen LogP contribution in [0.25, 0.3) is 0 Å². The number of nitrogens with one attached hydrogen (secondary N) is 2. The summed E-state index contributed by atoms with van der Waals surface area (Å²) in [5.74, 6) is 3.08. The van der Waals surface area contributed by atoms with Crippen molar-refractivity contribution in [1.29, 1.82) is 0 Å². The number of halogens is 1. The van der Waals surface area contributed by atoms with Gasteiger partial charge in [0.15, 0.2) is 0 Å². The molecule has 0 spiro atoms. The molecule has 2 aromatic carbocycles. The van der Waals surface area contributed by atoms with Gasteiger partial charge in [0.05, 0.1) is 12.3 Å². The Balaban J connectivity index is 1.51. The molecule has 3 aromatic rings. The van der Waals surface area contributed by atoms with Gasteiger partial charge in [-0.15, -0.1) is 0 Å². The minimum atomic E-state index is 0.0839. The van der Waals surface area contributed by atoms with Crippen molar-refractivity contribution in [1.82, 2.24) is 15.3 Å². The zero-order chi connectivity index (χ0) is 24.8. The first-order chi connectivity index (χ1) is 16.9. The van der Waals surface area contributed by atoms with Gasteiger partial charge in [-0.05, 0) is 93.9 Å². The lowest BCUT2D eigenvalue weighted by molar-refractivity contribution is 0.239. The van der Waals surface area contributed by atoms with E-state index in [4.69, 9.17) is 21.3 Å². The molecule has 186 valence electrons. The molecule has 6 nitrogen and oxygen atoms in total. The first-order valence-electron chi connectivity index (χ1n) is 12.4. The first-order valence-corrected chi connectivity index (χ1v) is 12.8. The lowest BCUT2D eigenvalue weighted by Gasteiger charge is -2.26. The van der Waals surface area contributed by atoms with Gasteiger partial charge in [-0.1, -0.05) is 29.8 Å². The van der Waals surface area contributed by atoms with Crippen molar-refractivity contribution in [2.75, 3.05) is 25.0 Å². The number of hydrogen-bond acceptors (Lipinski definition) is 6. The maximum atomic E-state index is 9.45. The molecule has 0 atom stereocenters. The van der Waals surface area contributed by atoms with Gasteiger partial charge in [0.1, 0.15) is 28.2 Å². The first kappa shape index (κ1) is 25.3. The summed E-state index contributed by atoms with van der Waals surface area (Å²) in [6.45, 7) is 9.11. The van der Waals surface area contributed by atoms with Gasteiger partial charge < -0.3 is 20.5 Å². The van der Waals surface area contributed by atoms with Crippen molar-refractivity contribution in [2.24, 2.45) is 0 Å². The fourth-order valence-corrected chi connectivity index (χ4v) is 4.77. The molecule has 0 radical (unpaired) electrons. The van der Waals surface area contributed by atoms with E-state index in [1.807, 2.05) is 12.1 Å². The Bertz CT molecular complexity index is 1130. The Hall–Kier alpha value is -2.83. The van der Waals surface area contributed by atoms with E-state index >= 15 is 0 Å². The van der Waals surface area contributed by atoms with Crippen molar-refractivity contribution >= 4 is 17.4 Å². The smallest absolute Gasteiger partial charge is 0.148 e. The third-order valence-corrected chi connectivity index (χ3v) is 6.65. The SMILES string of the molecule is Cc1cc(Cc2ncc(Cl)c(NCCc3ccc(O)cc3)n2)c(OC(C)C)cc1C1CCNCC1. The van der Waals surface area contributed by atoms with E-state index in [9.17, 15) is 5.11 Å². The van der Waals surface area contributed by atoms with Gasteiger partial charge in [0.25, 0.3) is 0 Å². The second kappa shape index (κ2) is 11.7. The molecule has 1 fully saturated rings. The highest BCUT2D eigenvalue weighted by Crippen LogP contribution is 2.34. The molecular weight excluding hydrogens is 460 g/mol. The average molecular weight is 495 g/mol. The second-order valence-electron chi connectivity index (χ2n) is 9.51. The molecule has 1 aromatic heterocycles. The summed E-state index contributed by atoms with van der Waals surface area (Å²) in [4.78, 5) is 9.21. The van der Waals surface area contributed by atoms with Gasteiger partial charge >= 0.3 is 0 Å². The summed E-state index contributed by atoms with van der Waals surface area (Å²) in [5.41, 5.74) is 4.90. The van der Waals surface area contributed by atoms with Crippen LogP contribution in [0.5, 0.6) is 11.5 Å². The number of rotatable bonds is 9. The number of piperidine rings is 1. The number of anilines is 1. The van der Waals surface area contributed by atoms with Gasteiger partial charge in [-0.2, -0.15) is 0 Å². The Morgan fingerprint density at radius 3 is 2.63 bits per heavy atom.